The van der Waals surface area contributed by atoms with Crippen LogP contribution in [-0.4, -0.2) is 29.8 Å². The van der Waals surface area contributed by atoms with Crippen molar-refractivity contribution in [2.45, 2.75) is 39.0 Å². The van der Waals surface area contributed by atoms with Crippen molar-refractivity contribution in [2.75, 3.05) is 19.0 Å². The lowest BCUT2D eigenvalue weighted by Gasteiger charge is -2.25. The molecule has 25 heavy (non-hydrogen) atoms. The standard InChI is InChI=1S/C18H23N3O3S/c1-3-4-5-9-15-20-21-18(25-15)19-17(22)13-10-12-7-6-8-14(23-2)16(12)24-11-13/h6-8,13H,3-5,9-11H2,1-2H3,(H,19,21,22). The molecule has 7 heteroatoms. The van der Waals surface area contributed by atoms with E-state index in [0.717, 1.165) is 29.2 Å². The molecule has 1 amide bonds. The molecule has 2 aromatic rings. The molecule has 0 fully saturated rings. The van der Waals surface area contributed by atoms with E-state index in [9.17, 15) is 4.79 Å². The van der Waals surface area contributed by atoms with Crippen molar-refractivity contribution in [2.24, 2.45) is 5.92 Å². The summed E-state index contributed by atoms with van der Waals surface area (Å²) in [6.45, 7) is 2.51. The number of para-hydroxylation sites is 1. The van der Waals surface area contributed by atoms with Gasteiger partial charge in [-0.3, -0.25) is 4.79 Å². The Balaban J connectivity index is 1.59. The number of carbonyl (C=O) groups excluding carboxylic acids is 1. The van der Waals surface area contributed by atoms with E-state index in [2.05, 4.69) is 22.4 Å². The number of rotatable bonds is 7. The van der Waals surface area contributed by atoms with Crippen molar-refractivity contribution in [1.29, 1.82) is 0 Å². The van der Waals surface area contributed by atoms with Gasteiger partial charge in [-0.15, -0.1) is 10.2 Å². The first-order chi connectivity index (χ1) is 12.2. The number of carbonyl (C=O) groups is 1. The van der Waals surface area contributed by atoms with Crippen LogP contribution in [-0.2, 0) is 17.6 Å². The molecule has 1 aromatic carbocycles. The highest BCUT2D eigenvalue weighted by Crippen LogP contribution is 2.36. The van der Waals surface area contributed by atoms with Crippen LogP contribution in [0.3, 0.4) is 0 Å². The molecular formula is C18H23N3O3S. The molecule has 1 aliphatic heterocycles. The SMILES string of the molecule is CCCCCc1nnc(NC(=O)C2COc3c(cccc3OC)C2)s1. The molecule has 0 bridgehead atoms. The molecule has 1 aliphatic rings. The van der Waals surface area contributed by atoms with E-state index >= 15 is 0 Å². The van der Waals surface area contributed by atoms with Crippen molar-refractivity contribution in [3.05, 3.63) is 28.8 Å². The lowest BCUT2D eigenvalue weighted by molar-refractivity contribution is -0.121. The van der Waals surface area contributed by atoms with Gasteiger partial charge in [0.25, 0.3) is 0 Å². The number of hydrogen-bond donors (Lipinski definition) is 1. The monoisotopic (exact) mass is 361 g/mol. The van der Waals surface area contributed by atoms with Gasteiger partial charge in [0.05, 0.1) is 13.0 Å². The number of amides is 1. The normalized spacial score (nSPS) is 16.0. The number of benzene rings is 1. The van der Waals surface area contributed by atoms with Gasteiger partial charge in [-0.1, -0.05) is 43.2 Å². The second-order valence-corrected chi connectivity index (χ2v) is 7.17. The molecule has 134 valence electrons. The molecule has 2 heterocycles. The minimum Gasteiger partial charge on any atom is -0.493 e. The second kappa shape index (κ2) is 8.29. The number of aryl methyl sites for hydroxylation is 1. The van der Waals surface area contributed by atoms with Crippen LogP contribution in [0.4, 0.5) is 5.13 Å². The van der Waals surface area contributed by atoms with Gasteiger partial charge in [0.15, 0.2) is 11.5 Å². The summed E-state index contributed by atoms with van der Waals surface area (Å²) in [5.74, 6) is 1.12. The van der Waals surface area contributed by atoms with Crippen LogP contribution < -0.4 is 14.8 Å². The zero-order valence-corrected chi connectivity index (χ0v) is 15.4. The van der Waals surface area contributed by atoms with Crippen LogP contribution in [0.25, 0.3) is 0 Å². The molecule has 1 N–H and O–H groups in total. The summed E-state index contributed by atoms with van der Waals surface area (Å²) < 4.78 is 11.1. The fourth-order valence-electron chi connectivity index (χ4n) is 2.86. The molecule has 1 atom stereocenters. The minimum atomic E-state index is -0.243. The number of aromatic nitrogens is 2. The first-order valence-electron chi connectivity index (χ1n) is 8.63. The summed E-state index contributed by atoms with van der Waals surface area (Å²) >= 11 is 1.45. The zero-order valence-electron chi connectivity index (χ0n) is 14.6. The average molecular weight is 361 g/mol. The highest BCUT2D eigenvalue weighted by atomic mass is 32.1. The Morgan fingerprint density at radius 3 is 3.08 bits per heavy atom. The largest absolute Gasteiger partial charge is 0.493 e. The van der Waals surface area contributed by atoms with Crippen LogP contribution in [0, 0.1) is 5.92 Å². The molecule has 1 unspecified atom stereocenters. The zero-order chi connectivity index (χ0) is 17.6. The van der Waals surface area contributed by atoms with Crippen LogP contribution >= 0.6 is 11.3 Å². The molecule has 0 saturated heterocycles. The summed E-state index contributed by atoms with van der Waals surface area (Å²) in [6, 6.07) is 5.74. The fourth-order valence-corrected chi connectivity index (χ4v) is 3.65. The molecule has 6 nitrogen and oxygen atoms in total. The van der Waals surface area contributed by atoms with Gasteiger partial charge in [-0.25, -0.2) is 0 Å². The van der Waals surface area contributed by atoms with E-state index in [-0.39, 0.29) is 11.8 Å². The van der Waals surface area contributed by atoms with E-state index < -0.39 is 0 Å². The maximum Gasteiger partial charge on any atom is 0.233 e. The third-order valence-corrected chi connectivity index (χ3v) is 5.14. The number of methoxy groups -OCH3 is 1. The first-order valence-corrected chi connectivity index (χ1v) is 9.44. The van der Waals surface area contributed by atoms with Crippen molar-refractivity contribution in [1.82, 2.24) is 10.2 Å². The van der Waals surface area contributed by atoms with Crippen LogP contribution in [0.2, 0.25) is 0 Å². The Morgan fingerprint density at radius 1 is 1.40 bits per heavy atom. The predicted octanol–water partition coefficient (Wildman–Crippen LogP) is 3.47. The molecule has 1 aromatic heterocycles. The quantitative estimate of drug-likeness (QED) is 0.765. The number of hydrogen-bond acceptors (Lipinski definition) is 6. The van der Waals surface area contributed by atoms with Gasteiger partial charge in [0.2, 0.25) is 11.0 Å². The molecule has 0 saturated carbocycles. The summed E-state index contributed by atoms with van der Waals surface area (Å²) in [6.07, 6.45) is 5.01. The van der Waals surface area contributed by atoms with Crippen molar-refractivity contribution in [3.63, 3.8) is 0 Å². The molecule has 0 radical (unpaired) electrons. The lowest BCUT2D eigenvalue weighted by atomic mass is 9.96. The summed E-state index contributed by atoms with van der Waals surface area (Å²) in [5.41, 5.74) is 0.989. The van der Waals surface area contributed by atoms with Crippen LogP contribution in [0.15, 0.2) is 18.2 Å². The molecule has 0 spiro atoms. The number of nitrogens with zero attached hydrogens (tertiary/aromatic N) is 2. The van der Waals surface area contributed by atoms with Gasteiger partial charge >= 0.3 is 0 Å². The summed E-state index contributed by atoms with van der Waals surface area (Å²) in [4.78, 5) is 12.5. The Hall–Kier alpha value is -2.15. The first kappa shape index (κ1) is 17.7. The Labute approximate surface area is 151 Å². The Kier molecular flexibility index (Phi) is 5.86. The number of ether oxygens (including phenoxy) is 2. The van der Waals surface area contributed by atoms with Gasteiger partial charge in [-0.05, 0) is 24.5 Å². The Bertz CT molecular complexity index is 732. The number of unbranched alkanes of at least 4 members (excludes halogenated alkanes) is 2. The smallest absolute Gasteiger partial charge is 0.233 e. The molecular weight excluding hydrogens is 338 g/mol. The Morgan fingerprint density at radius 2 is 2.28 bits per heavy atom. The average Bonchev–Trinajstić information content (AvgIpc) is 3.08. The van der Waals surface area contributed by atoms with E-state index in [1.165, 1.54) is 24.2 Å². The number of nitrogens with one attached hydrogen (secondary N) is 1. The predicted molar refractivity (Wildman–Crippen MR) is 97.5 cm³/mol. The summed E-state index contributed by atoms with van der Waals surface area (Å²) in [5, 5.41) is 12.6. The van der Waals surface area contributed by atoms with Gasteiger partial charge in [0.1, 0.15) is 11.6 Å². The van der Waals surface area contributed by atoms with Crippen molar-refractivity contribution in [3.8, 4) is 11.5 Å². The number of fused-ring (bicyclic) bond motifs is 1. The van der Waals surface area contributed by atoms with E-state index in [1.54, 1.807) is 7.11 Å². The highest BCUT2D eigenvalue weighted by molar-refractivity contribution is 7.15. The molecule has 3 rings (SSSR count). The van der Waals surface area contributed by atoms with Gasteiger partial charge in [0, 0.05) is 6.42 Å². The lowest BCUT2D eigenvalue weighted by Crippen LogP contribution is -2.32. The van der Waals surface area contributed by atoms with Gasteiger partial charge in [-0.2, -0.15) is 0 Å². The van der Waals surface area contributed by atoms with E-state index in [4.69, 9.17) is 9.47 Å². The third-order valence-electron chi connectivity index (χ3n) is 4.24. The van der Waals surface area contributed by atoms with Crippen molar-refractivity contribution < 1.29 is 14.3 Å². The second-order valence-electron chi connectivity index (χ2n) is 6.11. The van der Waals surface area contributed by atoms with Crippen LogP contribution in [0.1, 0.15) is 36.8 Å². The minimum absolute atomic E-state index is 0.0790. The maximum absolute atomic E-state index is 12.5. The number of anilines is 1. The maximum atomic E-state index is 12.5. The topological polar surface area (TPSA) is 73.3 Å². The fraction of sp³-hybridized carbons (Fsp3) is 0.500. The highest BCUT2D eigenvalue weighted by Gasteiger charge is 2.28. The van der Waals surface area contributed by atoms with Crippen molar-refractivity contribution >= 4 is 22.4 Å². The van der Waals surface area contributed by atoms with Crippen LogP contribution in [0.5, 0.6) is 11.5 Å². The summed E-state index contributed by atoms with van der Waals surface area (Å²) in [7, 11) is 1.62. The molecule has 0 aliphatic carbocycles. The van der Waals surface area contributed by atoms with E-state index in [1.807, 2.05) is 18.2 Å². The van der Waals surface area contributed by atoms with E-state index in [0.29, 0.717) is 23.9 Å². The van der Waals surface area contributed by atoms with Gasteiger partial charge < -0.3 is 14.8 Å². The third kappa shape index (κ3) is 4.28.